The van der Waals surface area contributed by atoms with Crippen LogP contribution in [-0.2, 0) is 9.59 Å². The van der Waals surface area contributed by atoms with E-state index < -0.39 is 11.8 Å². The quantitative estimate of drug-likeness (QED) is 0.263. The van der Waals surface area contributed by atoms with Gasteiger partial charge in [-0.15, -0.1) is 0 Å². The van der Waals surface area contributed by atoms with Gasteiger partial charge in [-0.2, -0.15) is 0 Å². The van der Waals surface area contributed by atoms with Crippen LogP contribution < -0.4 is 15.5 Å². The molecular weight excluding hydrogens is 544 g/mol. The summed E-state index contributed by atoms with van der Waals surface area (Å²) < 4.78 is 0. The number of anilines is 3. The molecule has 0 saturated carbocycles. The summed E-state index contributed by atoms with van der Waals surface area (Å²) in [7, 11) is 0. The van der Waals surface area contributed by atoms with Crippen LogP contribution in [0.25, 0.3) is 0 Å². The Hall–Kier alpha value is -2.74. The molecule has 1 aliphatic rings. The molecule has 6 nitrogen and oxygen atoms in total. The highest BCUT2D eigenvalue weighted by Crippen LogP contribution is 2.38. The Morgan fingerprint density at radius 2 is 1.29 bits per heavy atom. The third-order valence-corrected chi connectivity index (χ3v) is 6.40. The molecule has 3 aromatic rings. The highest BCUT2D eigenvalue weighted by molar-refractivity contribution is 6.54. The minimum Gasteiger partial charge on any atom is -0.350 e. The first-order valence-electron chi connectivity index (χ1n) is 9.53. The lowest BCUT2D eigenvalue weighted by atomic mass is 10.2. The van der Waals surface area contributed by atoms with Crippen LogP contribution in [0.4, 0.5) is 17.1 Å². The number of nitrogens with one attached hydrogen (secondary N) is 2. The molecule has 0 unspecified atom stereocenters. The molecule has 0 bridgehead atoms. The molecule has 34 heavy (non-hydrogen) atoms. The van der Waals surface area contributed by atoms with E-state index in [-0.39, 0.29) is 37.4 Å². The monoisotopic (exact) mass is 553 g/mol. The average molecular weight is 556 g/mol. The summed E-state index contributed by atoms with van der Waals surface area (Å²) in [6.45, 7) is 0. The summed E-state index contributed by atoms with van der Waals surface area (Å²) in [6, 6.07) is 15.6. The topological polar surface area (TPSA) is 78.5 Å². The molecule has 0 aliphatic carbocycles. The lowest BCUT2D eigenvalue weighted by molar-refractivity contribution is -0.120. The number of hydrogen-bond acceptors (Lipinski definition) is 4. The van der Waals surface area contributed by atoms with Gasteiger partial charge in [0.25, 0.3) is 17.7 Å². The molecule has 3 aromatic carbocycles. The van der Waals surface area contributed by atoms with Crippen molar-refractivity contribution in [2.45, 2.75) is 0 Å². The molecule has 0 spiro atoms. The summed E-state index contributed by atoms with van der Waals surface area (Å²) >= 11 is 30.1. The number of carbonyl (C=O) groups excluding carboxylic acids is 3. The Morgan fingerprint density at radius 1 is 0.706 bits per heavy atom. The smallest absolute Gasteiger partial charge is 0.283 e. The standard InChI is InChI=1S/C23H12Cl5N3O3/c24-12-3-7-14(8-4-12)30-21(32)11-1-5-13(6-2-11)29-20-19(28)22(33)31(23(20)34)18-10-16(26)15(25)9-17(18)27/h1-10,29H,(H,30,32). The fourth-order valence-electron chi connectivity index (χ4n) is 3.10. The lowest BCUT2D eigenvalue weighted by Gasteiger charge is -2.17. The van der Waals surface area contributed by atoms with Crippen LogP contribution in [0.15, 0.2) is 71.4 Å². The highest BCUT2D eigenvalue weighted by Gasteiger charge is 2.40. The zero-order valence-corrected chi connectivity index (χ0v) is 20.6. The molecule has 0 fully saturated rings. The van der Waals surface area contributed by atoms with Crippen molar-refractivity contribution < 1.29 is 14.4 Å². The highest BCUT2D eigenvalue weighted by atomic mass is 35.5. The van der Waals surface area contributed by atoms with Crippen LogP contribution in [0.3, 0.4) is 0 Å². The van der Waals surface area contributed by atoms with E-state index in [0.717, 1.165) is 4.90 Å². The van der Waals surface area contributed by atoms with Gasteiger partial charge in [0, 0.05) is 22.0 Å². The van der Waals surface area contributed by atoms with Gasteiger partial charge in [0.05, 0.1) is 20.8 Å². The lowest BCUT2D eigenvalue weighted by Crippen LogP contribution is -2.32. The number of carbonyl (C=O) groups is 3. The number of imide groups is 1. The number of benzene rings is 3. The van der Waals surface area contributed by atoms with Crippen molar-refractivity contribution >= 4 is 92.8 Å². The van der Waals surface area contributed by atoms with Crippen LogP contribution in [0.5, 0.6) is 0 Å². The fraction of sp³-hybridized carbons (Fsp3) is 0. The molecular formula is C23H12Cl5N3O3. The Labute approximate surface area is 219 Å². The van der Waals surface area contributed by atoms with E-state index >= 15 is 0 Å². The van der Waals surface area contributed by atoms with E-state index in [1.165, 1.54) is 12.1 Å². The normalized spacial score (nSPS) is 13.5. The van der Waals surface area contributed by atoms with Gasteiger partial charge in [-0.05, 0) is 60.7 Å². The minimum absolute atomic E-state index is 0.0511. The van der Waals surface area contributed by atoms with E-state index in [0.29, 0.717) is 22.0 Å². The van der Waals surface area contributed by atoms with E-state index in [2.05, 4.69) is 10.6 Å². The molecule has 0 atom stereocenters. The van der Waals surface area contributed by atoms with Crippen LogP contribution in [-0.4, -0.2) is 17.7 Å². The van der Waals surface area contributed by atoms with Crippen molar-refractivity contribution in [1.29, 1.82) is 0 Å². The number of hydrogen-bond donors (Lipinski definition) is 2. The molecule has 1 aliphatic heterocycles. The first-order valence-corrected chi connectivity index (χ1v) is 11.4. The van der Waals surface area contributed by atoms with E-state index in [1.54, 1.807) is 48.5 Å². The zero-order chi connectivity index (χ0) is 24.6. The van der Waals surface area contributed by atoms with Crippen LogP contribution in [0.2, 0.25) is 20.1 Å². The Balaban J connectivity index is 1.51. The SMILES string of the molecule is O=C(Nc1ccc(Cl)cc1)c1ccc(NC2=C(Cl)C(=O)N(c3cc(Cl)c(Cl)cc3Cl)C2=O)cc1. The fourth-order valence-corrected chi connectivity index (χ4v) is 4.06. The third-order valence-electron chi connectivity index (χ3n) is 4.78. The first kappa shape index (κ1) is 24.4. The predicted octanol–water partition coefficient (Wildman–Crippen LogP) is 6.99. The summed E-state index contributed by atoms with van der Waals surface area (Å²) in [5.41, 5.74) is 1.30. The van der Waals surface area contributed by atoms with Crippen LogP contribution in [0.1, 0.15) is 10.4 Å². The maximum atomic E-state index is 13.0. The summed E-state index contributed by atoms with van der Waals surface area (Å²) in [5, 5.41) is 6.15. The van der Waals surface area contributed by atoms with Crippen molar-refractivity contribution in [2.24, 2.45) is 0 Å². The summed E-state index contributed by atoms with van der Waals surface area (Å²) in [5.74, 6) is -1.83. The van der Waals surface area contributed by atoms with Crippen molar-refractivity contribution in [1.82, 2.24) is 0 Å². The summed E-state index contributed by atoms with van der Waals surface area (Å²) in [4.78, 5) is 38.9. The first-order chi connectivity index (χ1) is 16.2. The number of nitrogens with zero attached hydrogens (tertiary/aromatic N) is 1. The molecule has 3 amide bonds. The number of halogens is 5. The van der Waals surface area contributed by atoms with Gasteiger partial charge in [0.2, 0.25) is 0 Å². The van der Waals surface area contributed by atoms with Gasteiger partial charge in [-0.3, -0.25) is 14.4 Å². The maximum Gasteiger partial charge on any atom is 0.283 e. The second-order valence-corrected chi connectivity index (χ2v) is 9.05. The van der Waals surface area contributed by atoms with E-state index in [1.807, 2.05) is 0 Å². The molecule has 172 valence electrons. The van der Waals surface area contributed by atoms with Crippen molar-refractivity contribution in [3.05, 3.63) is 97.0 Å². The molecule has 1 heterocycles. The van der Waals surface area contributed by atoms with Gasteiger partial charge >= 0.3 is 0 Å². The third kappa shape index (κ3) is 4.87. The van der Waals surface area contributed by atoms with Gasteiger partial charge in [0.1, 0.15) is 10.7 Å². The van der Waals surface area contributed by atoms with Crippen molar-refractivity contribution in [2.75, 3.05) is 15.5 Å². The number of amides is 3. The van der Waals surface area contributed by atoms with Crippen LogP contribution in [0, 0.1) is 0 Å². The minimum atomic E-state index is -0.770. The summed E-state index contributed by atoms with van der Waals surface area (Å²) in [6.07, 6.45) is 0. The van der Waals surface area contributed by atoms with Gasteiger partial charge in [-0.1, -0.05) is 58.0 Å². The molecule has 4 rings (SSSR count). The molecule has 0 aromatic heterocycles. The maximum absolute atomic E-state index is 13.0. The van der Waals surface area contributed by atoms with Crippen LogP contribution >= 0.6 is 58.0 Å². The van der Waals surface area contributed by atoms with Crippen molar-refractivity contribution in [3.63, 3.8) is 0 Å². The van der Waals surface area contributed by atoms with E-state index in [4.69, 9.17) is 58.0 Å². The van der Waals surface area contributed by atoms with Gasteiger partial charge in [0.15, 0.2) is 0 Å². The second-order valence-electron chi connectivity index (χ2n) is 7.02. The number of rotatable bonds is 5. The Kier molecular flexibility index (Phi) is 7.07. The molecule has 11 heteroatoms. The molecule has 0 radical (unpaired) electrons. The molecule has 2 N–H and O–H groups in total. The largest absolute Gasteiger partial charge is 0.350 e. The zero-order valence-electron chi connectivity index (χ0n) is 16.8. The molecule has 0 saturated heterocycles. The van der Waals surface area contributed by atoms with Gasteiger partial charge in [-0.25, -0.2) is 4.90 Å². The Morgan fingerprint density at radius 3 is 1.94 bits per heavy atom. The predicted molar refractivity (Wildman–Crippen MR) is 136 cm³/mol. The second kappa shape index (κ2) is 9.86. The average Bonchev–Trinajstić information content (AvgIpc) is 3.01. The van der Waals surface area contributed by atoms with E-state index in [9.17, 15) is 14.4 Å². The van der Waals surface area contributed by atoms with Crippen molar-refractivity contribution in [3.8, 4) is 0 Å². The van der Waals surface area contributed by atoms with Gasteiger partial charge < -0.3 is 10.6 Å². The Bertz CT molecular complexity index is 1360.